The zero-order valence-corrected chi connectivity index (χ0v) is 8.41. The molecule has 0 spiro atoms. The molecular formula is C9H15NO4. The first kappa shape index (κ1) is 11.0. The van der Waals surface area contributed by atoms with Crippen molar-refractivity contribution in [1.29, 1.82) is 0 Å². The van der Waals surface area contributed by atoms with Crippen molar-refractivity contribution in [3.8, 4) is 0 Å². The molecule has 0 heterocycles. The van der Waals surface area contributed by atoms with Gasteiger partial charge in [-0.3, -0.25) is 9.59 Å². The average molecular weight is 201 g/mol. The molecule has 2 atom stereocenters. The third-order valence-electron chi connectivity index (χ3n) is 2.11. The molecule has 1 aliphatic carbocycles. The molecule has 0 aromatic rings. The van der Waals surface area contributed by atoms with E-state index >= 15 is 0 Å². The number of carbonyl (C=O) groups excluding carboxylic acids is 2. The lowest BCUT2D eigenvalue weighted by Crippen LogP contribution is -2.28. The van der Waals surface area contributed by atoms with Crippen LogP contribution in [0, 0.1) is 11.8 Å². The van der Waals surface area contributed by atoms with E-state index in [4.69, 9.17) is 4.74 Å². The van der Waals surface area contributed by atoms with Crippen molar-refractivity contribution in [3.05, 3.63) is 0 Å². The summed E-state index contributed by atoms with van der Waals surface area (Å²) in [5, 5.41) is 2.55. The van der Waals surface area contributed by atoms with E-state index in [1.165, 1.54) is 7.11 Å². The highest BCUT2D eigenvalue weighted by Gasteiger charge is 2.48. The number of rotatable bonds is 5. The van der Waals surface area contributed by atoms with Gasteiger partial charge in [0.25, 0.3) is 0 Å². The van der Waals surface area contributed by atoms with Crippen LogP contribution in [0.2, 0.25) is 0 Å². The molecule has 1 aliphatic rings. The molecule has 0 aromatic heterocycles. The van der Waals surface area contributed by atoms with Gasteiger partial charge >= 0.3 is 5.97 Å². The largest absolute Gasteiger partial charge is 0.466 e. The first-order valence-corrected chi connectivity index (χ1v) is 4.64. The van der Waals surface area contributed by atoms with Gasteiger partial charge in [0.05, 0.1) is 18.4 Å². The van der Waals surface area contributed by atoms with Gasteiger partial charge in [0.15, 0.2) is 0 Å². The Bertz CT molecular complexity index is 229. The normalized spacial score (nSPS) is 24.1. The number of carbonyl (C=O) groups is 2. The average Bonchev–Trinajstić information content (AvgIpc) is 2.94. The lowest BCUT2D eigenvalue weighted by Gasteiger charge is -2.02. The zero-order valence-electron chi connectivity index (χ0n) is 8.41. The van der Waals surface area contributed by atoms with Crippen LogP contribution in [0.25, 0.3) is 0 Å². The van der Waals surface area contributed by atoms with E-state index in [0.717, 1.165) is 0 Å². The molecule has 5 nitrogen and oxygen atoms in total. The topological polar surface area (TPSA) is 64.6 Å². The number of esters is 1. The third kappa shape index (κ3) is 2.70. The standard InChI is InChI=1S/C9H15NO4/c1-3-14-9(12)7-4-6(7)8(11)10-5-13-2/h6-7H,3-5H2,1-2H3,(H,10,11). The maximum atomic E-state index is 11.3. The summed E-state index contributed by atoms with van der Waals surface area (Å²) in [6.45, 7) is 2.30. The third-order valence-corrected chi connectivity index (χ3v) is 2.11. The van der Waals surface area contributed by atoms with Crippen LogP contribution < -0.4 is 5.32 Å². The molecule has 1 rings (SSSR count). The van der Waals surface area contributed by atoms with Gasteiger partial charge in [-0.05, 0) is 13.3 Å². The second kappa shape index (κ2) is 4.95. The van der Waals surface area contributed by atoms with Crippen molar-refractivity contribution in [2.45, 2.75) is 13.3 Å². The quantitative estimate of drug-likeness (QED) is 0.498. The predicted octanol–water partition coefficient (Wildman–Crippen LogP) is -0.0943. The fraction of sp³-hybridized carbons (Fsp3) is 0.778. The van der Waals surface area contributed by atoms with Crippen molar-refractivity contribution in [1.82, 2.24) is 5.32 Å². The van der Waals surface area contributed by atoms with E-state index in [9.17, 15) is 9.59 Å². The van der Waals surface area contributed by atoms with Crippen LogP contribution in [0.3, 0.4) is 0 Å². The first-order chi connectivity index (χ1) is 6.70. The summed E-state index contributed by atoms with van der Waals surface area (Å²) < 4.78 is 9.49. The fourth-order valence-corrected chi connectivity index (χ4v) is 1.27. The summed E-state index contributed by atoms with van der Waals surface area (Å²) in [5.41, 5.74) is 0. The molecule has 0 bridgehead atoms. The Morgan fingerprint density at radius 1 is 1.43 bits per heavy atom. The fourth-order valence-electron chi connectivity index (χ4n) is 1.27. The van der Waals surface area contributed by atoms with E-state index in [2.05, 4.69) is 10.1 Å². The summed E-state index contributed by atoms with van der Waals surface area (Å²) in [5.74, 6) is -0.869. The Kier molecular flexibility index (Phi) is 3.88. The summed E-state index contributed by atoms with van der Waals surface area (Å²) in [4.78, 5) is 22.4. The second-order valence-corrected chi connectivity index (χ2v) is 3.17. The van der Waals surface area contributed by atoms with Crippen molar-refractivity contribution in [2.75, 3.05) is 20.4 Å². The highest BCUT2D eigenvalue weighted by Crippen LogP contribution is 2.39. The molecule has 0 radical (unpaired) electrons. The highest BCUT2D eigenvalue weighted by atomic mass is 16.5. The van der Waals surface area contributed by atoms with Crippen molar-refractivity contribution >= 4 is 11.9 Å². The van der Waals surface area contributed by atoms with Crippen molar-refractivity contribution in [2.24, 2.45) is 11.8 Å². The van der Waals surface area contributed by atoms with Crippen LogP contribution in [-0.2, 0) is 19.1 Å². The van der Waals surface area contributed by atoms with Gasteiger partial charge < -0.3 is 14.8 Å². The minimum absolute atomic E-state index is 0.134. The van der Waals surface area contributed by atoms with Crippen molar-refractivity contribution < 1.29 is 19.1 Å². The van der Waals surface area contributed by atoms with Crippen LogP contribution >= 0.6 is 0 Å². The summed E-state index contributed by atoms with van der Waals surface area (Å²) in [6, 6.07) is 0. The minimum Gasteiger partial charge on any atom is -0.466 e. The molecular weight excluding hydrogens is 186 g/mol. The number of hydrogen-bond donors (Lipinski definition) is 1. The van der Waals surface area contributed by atoms with E-state index in [0.29, 0.717) is 13.0 Å². The van der Waals surface area contributed by atoms with Crippen LogP contribution in [0.5, 0.6) is 0 Å². The lowest BCUT2D eigenvalue weighted by molar-refractivity contribution is -0.146. The molecule has 80 valence electrons. The van der Waals surface area contributed by atoms with Crippen LogP contribution in [0.4, 0.5) is 0 Å². The molecule has 0 saturated heterocycles. The Morgan fingerprint density at radius 3 is 2.71 bits per heavy atom. The van der Waals surface area contributed by atoms with Gasteiger partial charge in [0.1, 0.15) is 6.73 Å². The van der Waals surface area contributed by atoms with Crippen LogP contribution in [0.15, 0.2) is 0 Å². The Hall–Kier alpha value is -1.10. The molecule has 1 fully saturated rings. The number of amides is 1. The maximum Gasteiger partial charge on any atom is 0.309 e. The number of methoxy groups -OCH3 is 1. The van der Waals surface area contributed by atoms with Gasteiger partial charge in [-0.25, -0.2) is 0 Å². The highest BCUT2D eigenvalue weighted by molar-refractivity contribution is 5.90. The molecule has 2 unspecified atom stereocenters. The Labute approximate surface area is 82.8 Å². The van der Waals surface area contributed by atoms with E-state index < -0.39 is 0 Å². The van der Waals surface area contributed by atoms with E-state index in [1.54, 1.807) is 6.92 Å². The number of ether oxygens (including phenoxy) is 2. The molecule has 1 N–H and O–H groups in total. The zero-order chi connectivity index (χ0) is 10.6. The number of nitrogens with one attached hydrogen (secondary N) is 1. The van der Waals surface area contributed by atoms with Gasteiger partial charge in [-0.2, -0.15) is 0 Å². The monoisotopic (exact) mass is 201 g/mol. The summed E-state index contributed by atoms with van der Waals surface area (Å²) in [7, 11) is 1.50. The van der Waals surface area contributed by atoms with Gasteiger partial charge in [0, 0.05) is 7.11 Å². The van der Waals surface area contributed by atoms with Gasteiger partial charge in [-0.1, -0.05) is 0 Å². The van der Waals surface area contributed by atoms with Crippen LogP contribution in [0.1, 0.15) is 13.3 Å². The Balaban J connectivity index is 2.24. The smallest absolute Gasteiger partial charge is 0.309 e. The lowest BCUT2D eigenvalue weighted by atomic mass is 10.3. The SMILES string of the molecule is CCOC(=O)C1CC1C(=O)NCOC. The van der Waals surface area contributed by atoms with E-state index in [-0.39, 0.29) is 30.4 Å². The van der Waals surface area contributed by atoms with Gasteiger partial charge in [-0.15, -0.1) is 0 Å². The first-order valence-electron chi connectivity index (χ1n) is 4.64. The summed E-state index contributed by atoms with van der Waals surface area (Å²) in [6.07, 6.45) is 0.592. The Morgan fingerprint density at radius 2 is 2.14 bits per heavy atom. The number of hydrogen-bond acceptors (Lipinski definition) is 4. The maximum absolute atomic E-state index is 11.3. The second-order valence-electron chi connectivity index (χ2n) is 3.17. The van der Waals surface area contributed by atoms with Crippen molar-refractivity contribution in [3.63, 3.8) is 0 Å². The molecule has 0 aromatic carbocycles. The molecule has 14 heavy (non-hydrogen) atoms. The van der Waals surface area contributed by atoms with Crippen LogP contribution in [-0.4, -0.2) is 32.3 Å². The van der Waals surface area contributed by atoms with Gasteiger partial charge in [0.2, 0.25) is 5.91 Å². The molecule has 5 heteroatoms. The van der Waals surface area contributed by atoms with E-state index in [1.807, 2.05) is 0 Å². The molecule has 1 amide bonds. The predicted molar refractivity (Wildman–Crippen MR) is 48.2 cm³/mol. The molecule has 1 saturated carbocycles. The minimum atomic E-state index is -0.273. The summed E-state index contributed by atoms with van der Waals surface area (Å²) >= 11 is 0. The molecule has 0 aliphatic heterocycles.